The van der Waals surface area contributed by atoms with Crippen molar-refractivity contribution in [3.8, 4) is 11.5 Å². The van der Waals surface area contributed by atoms with Crippen molar-refractivity contribution in [3.05, 3.63) is 46.3 Å². The normalized spacial score (nSPS) is 10.0. The molecule has 0 fully saturated rings. The first-order chi connectivity index (χ1) is 9.15. The van der Waals surface area contributed by atoms with Gasteiger partial charge in [0.1, 0.15) is 0 Å². The highest BCUT2D eigenvalue weighted by atomic mass is 79.9. The number of carbonyl (C=O) groups excluding carboxylic acids is 2. The lowest BCUT2D eigenvalue weighted by atomic mass is 10.2. The molecule has 0 bridgehead atoms. The van der Waals surface area contributed by atoms with E-state index in [2.05, 4.69) is 15.9 Å². The average molecular weight is 325 g/mol. The maximum absolute atomic E-state index is 11.9. The van der Waals surface area contributed by atoms with Gasteiger partial charge in [-0.2, -0.15) is 0 Å². The molecule has 2 rings (SSSR count). The van der Waals surface area contributed by atoms with Gasteiger partial charge >= 0.3 is 5.97 Å². The van der Waals surface area contributed by atoms with Gasteiger partial charge in [0.25, 0.3) is 0 Å². The molecule has 0 aliphatic rings. The highest BCUT2D eigenvalue weighted by Crippen LogP contribution is 2.31. The van der Waals surface area contributed by atoms with Gasteiger partial charge in [-0.05, 0) is 40.2 Å². The van der Waals surface area contributed by atoms with E-state index in [0.29, 0.717) is 16.7 Å². The minimum Gasteiger partial charge on any atom is -0.493 e. The predicted octanol–water partition coefficient (Wildman–Crippen LogP) is 3.08. The van der Waals surface area contributed by atoms with Crippen LogP contribution >= 0.6 is 15.9 Å². The molecule has 5 nitrogen and oxygen atoms in total. The van der Waals surface area contributed by atoms with E-state index in [1.165, 1.54) is 19.2 Å². The monoisotopic (exact) mass is 324 g/mol. The number of furan rings is 1. The van der Waals surface area contributed by atoms with E-state index in [4.69, 9.17) is 13.9 Å². The number of methoxy groups -OCH3 is 1. The molecule has 0 atom stereocenters. The van der Waals surface area contributed by atoms with Gasteiger partial charge in [-0.3, -0.25) is 4.79 Å². The molecule has 6 heteroatoms. The Labute approximate surface area is 117 Å². The molecule has 0 unspecified atom stereocenters. The molecule has 0 aliphatic heterocycles. The van der Waals surface area contributed by atoms with E-state index in [-0.39, 0.29) is 17.1 Å². The number of hydrogen-bond acceptors (Lipinski definition) is 5. The van der Waals surface area contributed by atoms with Crippen molar-refractivity contribution in [1.82, 2.24) is 0 Å². The fourth-order valence-electron chi connectivity index (χ4n) is 1.46. The summed E-state index contributed by atoms with van der Waals surface area (Å²) in [5, 5.41) is 0. The number of rotatable bonds is 4. The van der Waals surface area contributed by atoms with Gasteiger partial charge < -0.3 is 13.9 Å². The summed E-state index contributed by atoms with van der Waals surface area (Å²) in [7, 11) is 1.42. The summed E-state index contributed by atoms with van der Waals surface area (Å²) in [5.41, 5.74) is 0.221. The van der Waals surface area contributed by atoms with Crippen LogP contribution in [0.5, 0.6) is 11.5 Å². The van der Waals surface area contributed by atoms with Crippen molar-refractivity contribution < 1.29 is 23.5 Å². The highest BCUT2D eigenvalue weighted by molar-refractivity contribution is 9.10. The van der Waals surface area contributed by atoms with Crippen LogP contribution in [0.4, 0.5) is 0 Å². The van der Waals surface area contributed by atoms with Crippen LogP contribution in [0.15, 0.2) is 39.4 Å². The minimum absolute atomic E-state index is 0.0228. The first-order valence-electron chi connectivity index (χ1n) is 5.25. The predicted molar refractivity (Wildman–Crippen MR) is 69.7 cm³/mol. The Bertz CT molecular complexity index is 617. The third-order valence-electron chi connectivity index (χ3n) is 2.33. The van der Waals surface area contributed by atoms with Crippen LogP contribution in [0.1, 0.15) is 20.9 Å². The molecule has 1 aromatic carbocycles. The van der Waals surface area contributed by atoms with Crippen molar-refractivity contribution in [2.75, 3.05) is 7.11 Å². The van der Waals surface area contributed by atoms with Crippen molar-refractivity contribution >= 4 is 28.2 Å². The first kappa shape index (κ1) is 13.4. The minimum atomic E-state index is -0.710. The second kappa shape index (κ2) is 5.71. The second-order valence-corrected chi connectivity index (χ2v) is 4.27. The fourth-order valence-corrected chi connectivity index (χ4v) is 1.77. The molecule has 0 radical (unpaired) electrons. The summed E-state index contributed by atoms with van der Waals surface area (Å²) in [5.74, 6) is -0.325. The Morgan fingerprint density at radius 1 is 1.32 bits per heavy atom. The molecular weight excluding hydrogens is 316 g/mol. The van der Waals surface area contributed by atoms with Gasteiger partial charge in [0.2, 0.25) is 5.76 Å². The first-order valence-corrected chi connectivity index (χ1v) is 6.04. The van der Waals surface area contributed by atoms with Crippen LogP contribution in [0.25, 0.3) is 0 Å². The Hall–Kier alpha value is -2.08. The van der Waals surface area contributed by atoms with Crippen molar-refractivity contribution in [3.63, 3.8) is 0 Å². The lowest BCUT2D eigenvalue weighted by molar-refractivity contribution is 0.0693. The Balaban J connectivity index is 2.32. The zero-order chi connectivity index (χ0) is 13.8. The molecule has 98 valence electrons. The zero-order valence-corrected chi connectivity index (χ0v) is 11.5. The molecule has 0 spiro atoms. The molecule has 0 saturated heterocycles. The molecular formula is C13H9BrO5. The molecule has 0 amide bonds. The quantitative estimate of drug-likeness (QED) is 0.491. The third kappa shape index (κ3) is 2.85. The maximum Gasteiger partial charge on any atom is 0.379 e. The smallest absolute Gasteiger partial charge is 0.379 e. The van der Waals surface area contributed by atoms with Crippen LogP contribution in [0, 0.1) is 0 Å². The van der Waals surface area contributed by atoms with Gasteiger partial charge in [0, 0.05) is 0 Å². The van der Waals surface area contributed by atoms with E-state index in [0.717, 1.165) is 0 Å². The van der Waals surface area contributed by atoms with Crippen molar-refractivity contribution in [1.29, 1.82) is 0 Å². The van der Waals surface area contributed by atoms with E-state index < -0.39 is 5.97 Å². The summed E-state index contributed by atoms with van der Waals surface area (Å²) < 4.78 is 15.7. The summed E-state index contributed by atoms with van der Waals surface area (Å²) in [6, 6.07) is 7.77. The molecule has 0 aliphatic carbocycles. The summed E-state index contributed by atoms with van der Waals surface area (Å²) in [6.07, 6.45) is 0.586. The van der Waals surface area contributed by atoms with Crippen LogP contribution in [0.3, 0.4) is 0 Å². The van der Waals surface area contributed by atoms with Gasteiger partial charge in [0.15, 0.2) is 22.5 Å². The van der Waals surface area contributed by atoms with Gasteiger partial charge in [-0.1, -0.05) is 6.07 Å². The van der Waals surface area contributed by atoms with Gasteiger partial charge in [0.05, 0.1) is 12.7 Å². The topological polar surface area (TPSA) is 65.7 Å². The number of ether oxygens (including phenoxy) is 2. The Kier molecular flexibility index (Phi) is 4.01. The molecule has 2 aromatic rings. The van der Waals surface area contributed by atoms with E-state index >= 15 is 0 Å². The van der Waals surface area contributed by atoms with E-state index in [9.17, 15) is 9.59 Å². The molecule has 19 heavy (non-hydrogen) atoms. The summed E-state index contributed by atoms with van der Waals surface area (Å²) in [4.78, 5) is 22.8. The molecule has 1 heterocycles. The van der Waals surface area contributed by atoms with Crippen LogP contribution in [-0.2, 0) is 0 Å². The number of benzene rings is 1. The fraction of sp³-hybridized carbons (Fsp3) is 0.0769. The van der Waals surface area contributed by atoms with E-state index in [1.54, 1.807) is 18.2 Å². The van der Waals surface area contributed by atoms with Gasteiger partial charge in [-0.25, -0.2) is 4.79 Å². The van der Waals surface area contributed by atoms with Crippen LogP contribution in [-0.4, -0.2) is 19.4 Å². The summed E-state index contributed by atoms with van der Waals surface area (Å²) >= 11 is 3.09. The standard InChI is InChI=1S/C13H9BrO5/c1-17-9-4-2-3-8(7-15)12(9)19-13(16)10-5-6-11(14)18-10/h2-7H,1H3. The maximum atomic E-state index is 11.9. The molecule has 1 aromatic heterocycles. The number of para-hydroxylation sites is 1. The highest BCUT2D eigenvalue weighted by Gasteiger charge is 2.18. The average Bonchev–Trinajstić information content (AvgIpc) is 2.85. The number of carbonyl (C=O) groups is 2. The van der Waals surface area contributed by atoms with Crippen molar-refractivity contribution in [2.24, 2.45) is 0 Å². The van der Waals surface area contributed by atoms with Crippen LogP contribution < -0.4 is 9.47 Å². The second-order valence-electron chi connectivity index (χ2n) is 3.49. The number of halogens is 1. The largest absolute Gasteiger partial charge is 0.493 e. The Morgan fingerprint density at radius 2 is 2.11 bits per heavy atom. The lowest BCUT2D eigenvalue weighted by Crippen LogP contribution is -2.09. The molecule has 0 saturated carbocycles. The number of hydrogen-bond donors (Lipinski definition) is 0. The SMILES string of the molecule is COc1cccc(C=O)c1OC(=O)c1ccc(Br)o1. The molecule has 0 N–H and O–H groups in total. The Morgan fingerprint density at radius 3 is 2.68 bits per heavy atom. The van der Waals surface area contributed by atoms with Crippen LogP contribution in [0.2, 0.25) is 0 Å². The van der Waals surface area contributed by atoms with Crippen molar-refractivity contribution in [2.45, 2.75) is 0 Å². The lowest BCUT2D eigenvalue weighted by Gasteiger charge is -2.09. The number of aldehydes is 1. The van der Waals surface area contributed by atoms with E-state index in [1.807, 2.05) is 0 Å². The summed E-state index contributed by atoms with van der Waals surface area (Å²) in [6.45, 7) is 0. The van der Waals surface area contributed by atoms with Gasteiger partial charge in [-0.15, -0.1) is 0 Å². The zero-order valence-electron chi connectivity index (χ0n) is 9.88. The number of esters is 1. The third-order valence-corrected chi connectivity index (χ3v) is 2.75.